The van der Waals surface area contributed by atoms with E-state index in [1.54, 1.807) is 12.3 Å². The molecule has 0 spiro atoms. The zero-order valence-electron chi connectivity index (χ0n) is 9.95. The molecule has 92 valence electrons. The van der Waals surface area contributed by atoms with Crippen LogP contribution in [0.15, 0.2) is 47.2 Å². The number of hydrogen-bond acceptors (Lipinski definition) is 4. The molecule has 0 aliphatic carbocycles. The Bertz CT molecular complexity index is 421. The van der Waals surface area contributed by atoms with Gasteiger partial charge in [-0.15, -0.1) is 0 Å². The lowest BCUT2D eigenvalue weighted by molar-refractivity contribution is 0.286. The Balaban J connectivity index is 2.46. The van der Waals surface area contributed by atoms with Crippen molar-refractivity contribution in [1.29, 1.82) is 0 Å². The second-order valence-corrected chi connectivity index (χ2v) is 5.33. The molecule has 17 heavy (non-hydrogen) atoms. The minimum atomic E-state index is -3.07. The van der Waals surface area contributed by atoms with Crippen LogP contribution in [0.4, 0.5) is 0 Å². The average molecular weight is 253 g/mol. The van der Waals surface area contributed by atoms with E-state index < -0.39 is 7.60 Å². The molecular formula is C12H16NO3P. The van der Waals surface area contributed by atoms with E-state index in [1.807, 2.05) is 30.3 Å². The number of benzene rings is 1. The zero-order valence-corrected chi connectivity index (χ0v) is 10.8. The Morgan fingerprint density at radius 3 is 2.47 bits per heavy atom. The van der Waals surface area contributed by atoms with Crippen LogP contribution in [0.2, 0.25) is 0 Å². The van der Waals surface area contributed by atoms with Crippen molar-refractivity contribution in [3.63, 3.8) is 0 Å². The summed E-state index contributed by atoms with van der Waals surface area (Å²) in [6.07, 6.45) is 3.15. The van der Waals surface area contributed by atoms with Crippen LogP contribution in [0.5, 0.6) is 0 Å². The van der Waals surface area contributed by atoms with Gasteiger partial charge in [-0.05, 0) is 11.6 Å². The maximum Gasteiger partial charge on any atom is 0.353 e. The van der Waals surface area contributed by atoms with Crippen LogP contribution >= 0.6 is 7.60 Å². The number of nitrogens with zero attached hydrogens (tertiary/aromatic N) is 1. The molecule has 4 nitrogen and oxygen atoms in total. The van der Waals surface area contributed by atoms with E-state index >= 15 is 0 Å². The van der Waals surface area contributed by atoms with Gasteiger partial charge in [0.05, 0.1) is 6.54 Å². The highest BCUT2D eigenvalue weighted by atomic mass is 31.2. The number of aliphatic imine (C=N–C) groups is 1. The molecule has 0 amide bonds. The van der Waals surface area contributed by atoms with Crippen molar-refractivity contribution >= 4 is 13.8 Å². The first-order chi connectivity index (χ1) is 8.20. The smallest absolute Gasteiger partial charge is 0.309 e. The van der Waals surface area contributed by atoms with Crippen molar-refractivity contribution in [2.24, 2.45) is 4.99 Å². The van der Waals surface area contributed by atoms with Crippen molar-refractivity contribution in [3.8, 4) is 0 Å². The lowest BCUT2D eigenvalue weighted by Crippen LogP contribution is -1.84. The molecule has 0 atom stereocenters. The van der Waals surface area contributed by atoms with Gasteiger partial charge < -0.3 is 9.05 Å². The monoisotopic (exact) mass is 253 g/mol. The first-order valence-electron chi connectivity index (χ1n) is 5.13. The molecule has 0 heterocycles. The minimum absolute atomic E-state index is 0.593. The summed E-state index contributed by atoms with van der Waals surface area (Å²) in [6.45, 7) is 0.593. The highest BCUT2D eigenvalue weighted by Crippen LogP contribution is 2.47. The SMILES string of the molecule is COP(=O)(/C=C/C=NCc1ccccc1)OC. The maximum atomic E-state index is 11.6. The van der Waals surface area contributed by atoms with Crippen LogP contribution in [0, 0.1) is 0 Å². The van der Waals surface area contributed by atoms with Gasteiger partial charge in [-0.2, -0.15) is 0 Å². The molecule has 0 unspecified atom stereocenters. The quantitative estimate of drug-likeness (QED) is 0.577. The van der Waals surface area contributed by atoms with Crippen molar-refractivity contribution in [1.82, 2.24) is 0 Å². The molecule has 0 radical (unpaired) electrons. The normalized spacial score (nSPS) is 12.6. The standard InChI is InChI=1S/C12H16NO3P/c1-15-17(14,16-2)10-6-9-13-11-12-7-4-3-5-8-12/h3-10H,11H2,1-2H3/b10-6+,13-9?. The predicted molar refractivity (Wildman–Crippen MR) is 69.4 cm³/mol. The molecule has 0 saturated heterocycles. The Morgan fingerprint density at radius 1 is 1.24 bits per heavy atom. The molecule has 0 aliphatic heterocycles. The second kappa shape index (κ2) is 7.17. The summed E-state index contributed by atoms with van der Waals surface area (Å²) in [4.78, 5) is 4.17. The highest BCUT2D eigenvalue weighted by Gasteiger charge is 2.14. The van der Waals surface area contributed by atoms with Gasteiger partial charge in [0.1, 0.15) is 0 Å². The molecule has 1 rings (SSSR count). The summed E-state index contributed by atoms with van der Waals surface area (Å²) in [5, 5.41) is 0. The largest absolute Gasteiger partial charge is 0.353 e. The first kappa shape index (κ1) is 13.8. The Morgan fingerprint density at radius 2 is 1.88 bits per heavy atom. The minimum Gasteiger partial charge on any atom is -0.309 e. The number of rotatable bonds is 6. The van der Waals surface area contributed by atoms with Gasteiger partial charge in [-0.3, -0.25) is 9.56 Å². The van der Waals surface area contributed by atoms with Crippen molar-refractivity contribution in [3.05, 3.63) is 47.8 Å². The molecule has 0 aromatic heterocycles. The lowest BCUT2D eigenvalue weighted by Gasteiger charge is -2.06. The molecule has 1 aromatic carbocycles. The summed E-state index contributed by atoms with van der Waals surface area (Å²) in [6, 6.07) is 9.88. The number of allylic oxidation sites excluding steroid dienone is 1. The van der Waals surface area contributed by atoms with Crippen LogP contribution in [0.3, 0.4) is 0 Å². The van der Waals surface area contributed by atoms with Crippen LogP contribution in [0.25, 0.3) is 0 Å². The Kier molecular flexibility index (Phi) is 5.84. The van der Waals surface area contributed by atoms with Gasteiger partial charge in [0.25, 0.3) is 0 Å². The summed E-state index contributed by atoms with van der Waals surface area (Å²) >= 11 is 0. The van der Waals surface area contributed by atoms with Crippen LogP contribution in [-0.4, -0.2) is 20.4 Å². The molecule has 1 aromatic rings. The third kappa shape index (κ3) is 5.09. The van der Waals surface area contributed by atoms with Crippen LogP contribution < -0.4 is 0 Å². The molecule has 0 bridgehead atoms. The summed E-state index contributed by atoms with van der Waals surface area (Å²) in [5.41, 5.74) is 1.12. The van der Waals surface area contributed by atoms with E-state index in [4.69, 9.17) is 9.05 Å². The zero-order chi connectivity index (χ0) is 12.6. The first-order valence-corrected chi connectivity index (χ1v) is 6.74. The van der Waals surface area contributed by atoms with Gasteiger partial charge >= 0.3 is 7.60 Å². The topological polar surface area (TPSA) is 47.9 Å². The van der Waals surface area contributed by atoms with Crippen molar-refractivity contribution in [2.45, 2.75) is 6.54 Å². The third-order valence-corrected chi connectivity index (χ3v) is 3.64. The van der Waals surface area contributed by atoms with Gasteiger partial charge in [0.2, 0.25) is 0 Å². The highest BCUT2D eigenvalue weighted by molar-refractivity contribution is 7.57. The molecular weight excluding hydrogens is 237 g/mol. The molecule has 0 saturated carbocycles. The lowest BCUT2D eigenvalue weighted by atomic mass is 10.2. The van der Waals surface area contributed by atoms with E-state index in [9.17, 15) is 4.57 Å². The maximum absolute atomic E-state index is 11.6. The Hall–Kier alpha value is -1.22. The van der Waals surface area contributed by atoms with Gasteiger partial charge in [-0.25, -0.2) is 0 Å². The summed E-state index contributed by atoms with van der Waals surface area (Å²) in [7, 11) is -0.379. The van der Waals surface area contributed by atoms with Crippen molar-refractivity contribution in [2.75, 3.05) is 14.2 Å². The fourth-order valence-electron chi connectivity index (χ4n) is 1.14. The molecule has 0 aliphatic rings. The summed E-state index contributed by atoms with van der Waals surface area (Å²) < 4.78 is 21.1. The predicted octanol–water partition coefficient (Wildman–Crippen LogP) is 3.26. The van der Waals surface area contributed by atoms with E-state index in [2.05, 4.69) is 4.99 Å². The average Bonchev–Trinajstić information content (AvgIpc) is 2.39. The number of hydrogen-bond donors (Lipinski definition) is 0. The second-order valence-electron chi connectivity index (χ2n) is 3.22. The van der Waals surface area contributed by atoms with Crippen molar-refractivity contribution < 1.29 is 13.6 Å². The molecule has 5 heteroatoms. The fourth-order valence-corrected chi connectivity index (χ4v) is 1.82. The van der Waals surface area contributed by atoms with Crippen LogP contribution in [0.1, 0.15) is 5.56 Å². The van der Waals surface area contributed by atoms with Gasteiger partial charge in [0, 0.05) is 26.3 Å². The Labute approximate surface area is 102 Å². The van der Waals surface area contributed by atoms with Gasteiger partial charge in [-0.1, -0.05) is 30.3 Å². The van der Waals surface area contributed by atoms with E-state index in [1.165, 1.54) is 20.0 Å². The van der Waals surface area contributed by atoms with Gasteiger partial charge in [0.15, 0.2) is 0 Å². The van der Waals surface area contributed by atoms with Crippen LogP contribution in [-0.2, 0) is 20.2 Å². The van der Waals surface area contributed by atoms with E-state index in [0.29, 0.717) is 6.54 Å². The molecule has 0 N–H and O–H groups in total. The molecule has 0 fully saturated rings. The van der Waals surface area contributed by atoms with E-state index in [0.717, 1.165) is 5.56 Å². The van der Waals surface area contributed by atoms with E-state index in [-0.39, 0.29) is 0 Å². The summed E-state index contributed by atoms with van der Waals surface area (Å²) in [5.74, 6) is 1.38. The third-order valence-electron chi connectivity index (χ3n) is 2.09. The fraction of sp³-hybridized carbons (Fsp3) is 0.250.